The average Bonchev–Trinajstić information content (AvgIpc) is 3.00. The molecule has 1 aromatic heterocycles. The number of rotatable bonds is 1. The molecule has 1 unspecified atom stereocenters. The standard InChI is InChI=1S/C15H18N2O.2C2H6/c1-10-8-9-13(15(10,2)3)17-12-7-5-4-6-11(12)16-14(17)18;2*1-2/h4-7,9-10H,8H2,1-3H3,(H,16,18);2*1-2H3. The summed E-state index contributed by atoms with van der Waals surface area (Å²) < 4.78 is 1.83. The highest BCUT2D eigenvalue weighted by atomic mass is 16.1. The number of hydrogen-bond acceptors (Lipinski definition) is 1. The normalized spacial score (nSPS) is 18.9. The molecule has 0 aliphatic heterocycles. The molecule has 3 heteroatoms. The molecule has 1 aliphatic rings. The van der Waals surface area contributed by atoms with Gasteiger partial charge < -0.3 is 4.98 Å². The maximum absolute atomic E-state index is 12.2. The molecule has 1 aliphatic carbocycles. The fourth-order valence-corrected chi connectivity index (χ4v) is 2.77. The maximum Gasteiger partial charge on any atom is 0.330 e. The van der Waals surface area contributed by atoms with Crippen molar-refractivity contribution in [3.63, 3.8) is 0 Å². The van der Waals surface area contributed by atoms with Crippen molar-refractivity contribution in [3.8, 4) is 0 Å². The van der Waals surface area contributed by atoms with E-state index in [0.29, 0.717) is 5.92 Å². The Morgan fingerprint density at radius 3 is 2.27 bits per heavy atom. The molecule has 1 N–H and O–H groups in total. The molecule has 3 rings (SSSR count). The number of aromatic amines is 1. The van der Waals surface area contributed by atoms with Gasteiger partial charge in [0.2, 0.25) is 0 Å². The zero-order valence-electron chi connectivity index (χ0n) is 15.0. The highest BCUT2D eigenvalue weighted by molar-refractivity contribution is 5.80. The van der Waals surface area contributed by atoms with E-state index in [9.17, 15) is 4.79 Å². The summed E-state index contributed by atoms with van der Waals surface area (Å²) in [6.45, 7) is 14.7. The van der Waals surface area contributed by atoms with E-state index < -0.39 is 0 Å². The van der Waals surface area contributed by atoms with Crippen LogP contribution in [0.5, 0.6) is 0 Å². The fourth-order valence-electron chi connectivity index (χ4n) is 2.77. The van der Waals surface area contributed by atoms with Crippen LogP contribution in [0.4, 0.5) is 0 Å². The van der Waals surface area contributed by atoms with Crippen LogP contribution in [0.1, 0.15) is 54.9 Å². The molecule has 0 fully saturated rings. The van der Waals surface area contributed by atoms with Crippen molar-refractivity contribution in [2.24, 2.45) is 11.3 Å². The molecule has 0 radical (unpaired) electrons. The van der Waals surface area contributed by atoms with Gasteiger partial charge in [-0.05, 0) is 24.5 Å². The lowest BCUT2D eigenvalue weighted by molar-refractivity contribution is 0.338. The number of aromatic nitrogens is 2. The van der Waals surface area contributed by atoms with E-state index in [4.69, 9.17) is 0 Å². The minimum Gasteiger partial charge on any atom is -0.305 e. The third-order valence-corrected chi connectivity index (χ3v) is 4.39. The highest BCUT2D eigenvalue weighted by Crippen LogP contribution is 2.45. The monoisotopic (exact) mass is 302 g/mol. The molecule has 1 heterocycles. The molecule has 122 valence electrons. The number of fused-ring (bicyclic) bond motifs is 1. The largest absolute Gasteiger partial charge is 0.330 e. The molecular formula is C19H30N2O. The van der Waals surface area contributed by atoms with Crippen LogP contribution in [-0.2, 0) is 0 Å². The zero-order valence-corrected chi connectivity index (χ0v) is 15.0. The van der Waals surface area contributed by atoms with Gasteiger partial charge in [0.05, 0.1) is 11.0 Å². The number of nitrogens with zero attached hydrogens (tertiary/aromatic N) is 1. The van der Waals surface area contributed by atoms with E-state index in [1.165, 1.54) is 0 Å². The van der Waals surface area contributed by atoms with Crippen molar-refractivity contribution in [2.75, 3.05) is 0 Å². The molecule has 22 heavy (non-hydrogen) atoms. The molecule has 0 amide bonds. The summed E-state index contributed by atoms with van der Waals surface area (Å²) in [5.41, 5.74) is 2.99. The Kier molecular flexibility index (Phi) is 6.21. The van der Waals surface area contributed by atoms with Gasteiger partial charge in [0.25, 0.3) is 0 Å². The number of imidazole rings is 1. The highest BCUT2D eigenvalue weighted by Gasteiger charge is 2.36. The molecule has 1 aromatic carbocycles. The zero-order chi connectivity index (χ0) is 16.9. The van der Waals surface area contributed by atoms with Gasteiger partial charge in [-0.3, -0.25) is 4.57 Å². The third kappa shape index (κ3) is 3.03. The van der Waals surface area contributed by atoms with Crippen LogP contribution in [0.25, 0.3) is 16.7 Å². The van der Waals surface area contributed by atoms with Gasteiger partial charge in [-0.2, -0.15) is 0 Å². The van der Waals surface area contributed by atoms with E-state index in [-0.39, 0.29) is 11.1 Å². The topological polar surface area (TPSA) is 37.8 Å². The molecule has 2 aromatic rings. The molecule has 0 spiro atoms. The lowest BCUT2D eigenvalue weighted by Crippen LogP contribution is -2.26. The quantitative estimate of drug-likeness (QED) is 0.763. The van der Waals surface area contributed by atoms with Crippen molar-refractivity contribution < 1.29 is 0 Å². The summed E-state index contributed by atoms with van der Waals surface area (Å²) in [4.78, 5) is 15.1. The van der Waals surface area contributed by atoms with E-state index in [1.54, 1.807) is 0 Å². The van der Waals surface area contributed by atoms with Gasteiger partial charge >= 0.3 is 5.69 Å². The predicted molar refractivity (Wildman–Crippen MR) is 97.1 cm³/mol. The van der Waals surface area contributed by atoms with Crippen molar-refractivity contribution in [1.82, 2.24) is 9.55 Å². The second-order valence-electron chi connectivity index (χ2n) is 5.73. The summed E-state index contributed by atoms with van der Waals surface area (Å²) in [6, 6.07) is 7.85. The minimum absolute atomic E-state index is 0.0365. The minimum atomic E-state index is -0.0374. The summed E-state index contributed by atoms with van der Waals surface area (Å²) in [5, 5.41) is 0. The first-order valence-corrected chi connectivity index (χ1v) is 8.42. The van der Waals surface area contributed by atoms with Crippen molar-refractivity contribution in [1.29, 1.82) is 0 Å². The molecule has 0 saturated carbocycles. The predicted octanol–water partition coefficient (Wildman–Crippen LogP) is 5.29. The first-order valence-electron chi connectivity index (χ1n) is 8.42. The smallest absolute Gasteiger partial charge is 0.305 e. The SMILES string of the molecule is CC.CC.CC1CC=C(n2c(=O)[nH]c3ccccc32)C1(C)C. The van der Waals surface area contributed by atoms with Gasteiger partial charge in [0, 0.05) is 11.1 Å². The van der Waals surface area contributed by atoms with Crippen molar-refractivity contribution in [3.05, 3.63) is 40.8 Å². The molecular weight excluding hydrogens is 272 g/mol. The Morgan fingerprint density at radius 2 is 1.73 bits per heavy atom. The van der Waals surface area contributed by atoms with Crippen LogP contribution in [-0.4, -0.2) is 9.55 Å². The first-order chi connectivity index (χ1) is 10.5. The lowest BCUT2D eigenvalue weighted by atomic mass is 9.81. The van der Waals surface area contributed by atoms with Crippen LogP contribution in [0.3, 0.4) is 0 Å². The summed E-state index contributed by atoms with van der Waals surface area (Å²) in [6.07, 6.45) is 3.24. The Balaban J connectivity index is 0.000000561. The Bertz CT molecular complexity index is 689. The molecule has 0 bridgehead atoms. The van der Waals surface area contributed by atoms with E-state index in [0.717, 1.165) is 23.2 Å². The van der Waals surface area contributed by atoms with E-state index in [2.05, 4.69) is 31.8 Å². The van der Waals surface area contributed by atoms with Crippen molar-refractivity contribution in [2.45, 2.75) is 54.9 Å². The van der Waals surface area contributed by atoms with E-state index >= 15 is 0 Å². The average molecular weight is 302 g/mol. The van der Waals surface area contributed by atoms with Gasteiger partial charge in [0.15, 0.2) is 0 Å². The lowest BCUT2D eigenvalue weighted by Gasteiger charge is -2.28. The fraction of sp³-hybridized carbons (Fsp3) is 0.526. The van der Waals surface area contributed by atoms with E-state index in [1.807, 2.05) is 56.5 Å². The number of hydrogen-bond donors (Lipinski definition) is 1. The van der Waals surface area contributed by atoms with Crippen LogP contribution in [0.2, 0.25) is 0 Å². The van der Waals surface area contributed by atoms with Gasteiger partial charge in [-0.15, -0.1) is 0 Å². The first kappa shape index (κ1) is 18.3. The van der Waals surface area contributed by atoms with Crippen LogP contribution >= 0.6 is 0 Å². The molecule has 0 saturated heterocycles. The van der Waals surface area contributed by atoms with Gasteiger partial charge in [-0.25, -0.2) is 4.79 Å². The number of nitrogens with one attached hydrogen (secondary N) is 1. The van der Waals surface area contributed by atoms with Gasteiger partial charge in [-0.1, -0.05) is 66.7 Å². The Hall–Kier alpha value is -1.77. The summed E-state index contributed by atoms with van der Waals surface area (Å²) >= 11 is 0. The summed E-state index contributed by atoms with van der Waals surface area (Å²) in [5.74, 6) is 0.563. The number of benzene rings is 1. The van der Waals surface area contributed by atoms with Crippen LogP contribution in [0, 0.1) is 11.3 Å². The van der Waals surface area contributed by atoms with Crippen LogP contribution in [0.15, 0.2) is 35.1 Å². The third-order valence-electron chi connectivity index (χ3n) is 4.39. The Labute approximate surface area is 134 Å². The van der Waals surface area contributed by atoms with Crippen LogP contribution < -0.4 is 5.69 Å². The second kappa shape index (κ2) is 7.48. The van der Waals surface area contributed by atoms with Crippen molar-refractivity contribution >= 4 is 16.7 Å². The maximum atomic E-state index is 12.2. The second-order valence-corrected chi connectivity index (χ2v) is 5.73. The molecule has 3 nitrogen and oxygen atoms in total. The molecule has 1 atom stereocenters. The number of allylic oxidation sites excluding steroid dienone is 2. The number of H-pyrrole nitrogens is 1. The van der Waals surface area contributed by atoms with Gasteiger partial charge in [0.1, 0.15) is 0 Å². The Morgan fingerprint density at radius 1 is 1.14 bits per heavy atom. The summed E-state index contributed by atoms with van der Waals surface area (Å²) in [7, 11) is 0. The number of para-hydroxylation sites is 2.